The molecule has 1 amide bonds. The number of carboxylic acids is 1. The largest absolute Gasteiger partial charge is 0.481 e. The molecule has 0 radical (unpaired) electrons. The molecule has 1 aliphatic heterocycles. The molecule has 2 atom stereocenters. The van der Waals surface area contributed by atoms with E-state index in [1.54, 1.807) is 4.90 Å². The fraction of sp³-hybridized carbons (Fsp3) is 0.429. The van der Waals surface area contributed by atoms with E-state index in [0.29, 0.717) is 0 Å². The first kappa shape index (κ1) is 13.5. The predicted molar refractivity (Wildman–Crippen MR) is 68.6 cm³/mol. The van der Waals surface area contributed by atoms with Crippen LogP contribution in [-0.2, 0) is 14.3 Å². The molecule has 1 aromatic carbocycles. The number of ether oxygens (including phenoxy) is 1. The van der Waals surface area contributed by atoms with Crippen molar-refractivity contribution < 1.29 is 19.4 Å². The van der Waals surface area contributed by atoms with E-state index in [9.17, 15) is 9.59 Å². The zero-order valence-corrected chi connectivity index (χ0v) is 10.8. The monoisotopic (exact) mass is 263 g/mol. The predicted octanol–water partition coefficient (Wildman–Crippen LogP) is 1.45. The van der Waals surface area contributed by atoms with Crippen molar-refractivity contribution in [3.05, 3.63) is 35.9 Å². The minimum atomic E-state index is -0.923. The van der Waals surface area contributed by atoms with E-state index >= 15 is 0 Å². The van der Waals surface area contributed by atoms with E-state index in [4.69, 9.17) is 9.84 Å². The first-order valence-electron chi connectivity index (χ1n) is 6.25. The van der Waals surface area contributed by atoms with Gasteiger partial charge in [0.1, 0.15) is 6.61 Å². The maximum Gasteiger partial charge on any atom is 0.305 e. The van der Waals surface area contributed by atoms with Crippen molar-refractivity contribution in [1.29, 1.82) is 0 Å². The second kappa shape index (κ2) is 5.84. The maximum atomic E-state index is 12.0. The van der Waals surface area contributed by atoms with Crippen LogP contribution in [0.1, 0.15) is 24.9 Å². The van der Waals surface area contributed by atoms with Crippen LogP contribution in [-0.4, -0.2) is 41.1 Å². The average Bonchev–Trinajstić information content (AvgIpc) is 2.38. The molecule has 1 saturated heterocycles. The molecule has 1 aromatic rings. The van der Waals surface area contributed by atoms with Gasteiger partial charge in [-0.25, -0.2) is 0 Å². The average molecular weight is 263 g/mol. The summed E-state index contributed by atoms with van der Waals surface area (Å²) in [5.74, 6) is -1.08. The first-order chi connectivity index (χ1) is 9.09. The second-order valence-corrected chi connectivity index (χ2v) is 4.65. The van der Waals surface area contributed by atoms with Gasteiger partial charge in [0.2, 0.25) is 5.91 Å². The van der Waals surface area contributed by atoms with Gasteiger partial charge in [0.05, 0.1) is 25.1 Å². The standard InChI is InChI=1S/C14H17NO4/c1-10(11-5-3-2-4-6-11)15-12(7-14(17)18)8-19-9-13(15)16/h2-6,10,12H,7-9H2,1H3,(H,17,18). The van der Waals surface area contributed by atoms with E-state index < -0.39 is 12.0 Å². The Bertz CT molecular complexity index is 460. The lowest BCUT2D eigenvalue weighted by atomic mass is 10.0. The SMILES string of the molecule is CC(c1ccccc1)N1C(=O)COCC1CC(=O)O. The molecule has 19 heavy (non-hydrogen) atoms. The van der Waals surface area contributed by atoms with Crippen LogP contribution in [0, 0.1) is 0 Å². The number of carbonyl (C=O) groups is 2. The number of morpholine rings is 1. The Balaban J connectivity index is 2.21. The molecule has 5 nitrogen and oxygen atoms in total. The number of amides is 1. The summed E-state index contributed by atoms with van der Waals surface area (Å²) in [5.41, 5.74) is 0.994. The van der Waals surface area contributed by atoms with Crippen molar-refractivity contribution in [2.75, 3.05) is 13.2 Å². The number of carboxylic acid groups (broad SMARTS) is 1. The molecule has 0 aliphatic carbocycles. The first-order valence-corrected chi connectivity index (χ1v) is 6.25. The van der Waals surface area contributed by atoms with Crippen molar-refractivity contribution in [2.24, 2.45) is 0 Å². The molecule has 102 valence electrons. The van der Waals surface area contributed by atoms with Crippen molar-refractivity contribution >= 4 is 11.9 Å². The van der Waals surface area contributed by atoms with Gasteiger partial charge in [0.15, 0.2) is 0 Å². The van der Waals surface area contributed by atoms with Crippen LogP contribution in [0.4, 0.5) is 0 Å². The molecule has 2 rings (SSSR count). The highest BCUT2D eigenvalue weighted by Crippen LogP contribution is 2.26. The molecule has 1 N–H and O–H groups in total. The van der Waals surface area contributed by atoms with E-state index in [-0.39, 0.29) is 31.6 Å². The number of benzene rings is 1. The number of nitrogens with zero attached hydrogens (tertiary/aromatic N) is 1. The summed E-state index contributed by atoms with van der Waals surface area (Å²) < 4.78 is 5.16. The van der Waals surface area contributed by atoms with Crippen LogP contribution in [0.5, 0.6) is 0 Å². The van der Waals surface area contributed by atoms with Gasteiger partial charge >= 0.3 is 5.97 Å². The number of hydrogen-bond acceptors (Lipinski definition) is 3. The summed E-state index contributed by atoms with van der Waals surface area (Å²) in [6.07, 6.45) is -0.0943. The van der Waals surface area contributed by atoms with E-state index in [2.05, 4.69) is 0 Å². The molecular formula is C14H17NO4. The van der Waals surface area contributed by atoms with Crippen molar-refractivity contribution in [3.63, 3.8) is 0 Å². The summed E-state index contributed by atoms with van der Waals surface area (Å²) in [6, 6.07) is 9.03. The maximum absolute atomic E-state index is 12.0. The van der Waals surface area contributed by atoms with Crippen molar-refractivity contribution in [3.8, 4) is 0 Å². The van der Waals surface area contributed by atoms with E-state index in [1.807, 2.05) is 37.3 Å². The highest BCUT2D eigenvalue weighted by atomic mass is 16.5. The topological polar surface area (TPSA) is 66.8 Å². The van der Waals surface area contributed by atoms with Gasteiger partial charge in [-0.3, -0.25) is 9.59 Å². The Morgan fingerprint density at radius 2 is 2.16 bits per heavy atom. The van der Waals surface area contributed by atoms with Gasteiger partial charge in [0.25, 0.3) is 0 Å². The fourth-order valence-electron chi connectivity index (χ4n) is 2.42. The van der Waals surface area contributed by atoms with Crippen LogP contribution >= 0.6 is 0 Å². The van der Waals surface area contributed by atoms with Crippen LogP contribution in [0.3, 0.4) is 0 Å². The number of carbonyl (C=O) groups excluding carboxylic acids is 1. The lowest BCUT2D eigenvalue weighted by molar-refractivity contribution is -0.155. The normalized spacial score (nSPS) is 21.2. The lowest BCUT2D eigenvalue weighted by Crippen LogP contribution is -2.51. The van der Waals surface area contributed by atoms with Gasteiger partial charge in [-0.2, -0.15) is 0 Å². The highest BCUT2D eigenvalue weighted by Gasteiger charge is 2.34. The minimum Gasteiger partial charge on any atom is -0.481 e. The number of aliphatic carboxylic acids is 1. The summed E-state index contributed by atoms with van der Waals surface area (Å²) >= 11 is 0. The van der Waals surface area contributed by atoms with Gasteiger partial charge in [-0.05, 0) is 12.5 Å². The van der Waals surface area contributed by atoms with Gasteiger partial charge in [-0.1, -0.05) is 30.3 Å². The highest BCUT2D eigenvalue weighted by molar-refractivity contribution is 5.80. The Kier molecular flexibility index (Phi) is 4.16. The Hall–Kier alpha value is -1.88. The van der Waals surface area contributed by atoms with Crippen LogP contribution in [0.2, 0.25) is 0 Å². The molecule has 0 saturated carbocycles. The number of rotatable bonds is 4. The summed E-state index contributed by atoms with van der Waals surface area (Å²) in [6.45, 7) is 2.20. The molecule has 1 aliphatic rings. The molecule has 5 heteroatoms. The lowest BCUT2D eigenvalue weighted by Gasteiger charge is -2.39. The Morgan fingerprint density at radius 3 is 2.79 bits per heavy atom. The van der Waals surface area contributed by atoms with Crippen molar-refractivity contribution in [1.82, 2.24) is 4.90 Å². The smallest absolute Gasteiger partial charge is 0.305 e. The van der Waals surface area contributed by atoms with Gasteiger partial charge in [-0.15, -0.1) is 0 Å². The molecule has 1 fully saturated rings. The summed E-state index contributed by atoms with van der Waals surface area (Å²) in [7, 11) is 0. The third-order valence-electron chi connectivity index (χ3n) is 3.33. The number of hydrogen-bond donors (Lipinski definition) is 1. The molecule has 1 heterocycles. The zero-order chi connectivity index (χ0) is 13.8. The molecule has 2 unspecified atom stereocenters. The third kappa shape index (κ3) is 3.12. The fourth-order valence-corrected chi connectivity index (χ4v) is 2.42. The summed E-state index contributed by atoms with van der Waals surface area (Å²) in [5, 5.41) is 8.93. The van der Waals surface area contributed by atoms with E-state index in [1.165, 1.54) is 0 Å². The quantitative estimate of drug-likeness (QED) is 0.892. The molecule has 0 spiro atoms. The Morgan fingerprint density at radius 1 is 1.47 bits per heavy atom. The van der Waals surface area contributed by atoms with Crippen LogP contribution < -0.4 is 0 Å². The minimum absolute atomic E-state index is 0.0211. The Labute approximate surface area is 111 Å². The molecule has 0 bridgehead atoms. The third-order valence-corrected chi connectivity index (χ3v) is 3.33. The zero-order valence-electron chi connectivity index (χ0n) is 10.8. The summed E-state index contributed by atoms with van der Waals surface area (Å²) in [4.78, 5) is 24.5. The molecular weight excluding hydrogens is 246 g/mol. The van der Waals surface area contributed by atoms with Gasteiger partial charge in [0, 0.05) is 0 Å². The van der Waals surface area contributed by atoms with Crippen LogP contribution in [0.25, 0.3) is 0 Å². The van der Waals surface area contributed by atoms with Crippen molar-refractivity contribution in [2.45, 2.75) is 25.4 Å². The van der Waals surface area contributed by atoms with E-state index in [0.717, 1.165) is 5.56 Å². The van der Waals surface area contributed by atoms with Crippen LogP contribution in [0.15, 0.2) is 30.3 Å². The second-order valence-electron chi connectivity index (χ2n) is 4.65. The molecule has 0 aromatic heterocycles. The van der Waals surface area contributed by atoms with Gasteiger partial charge < -0.3 is 14.7 Å².